The van der Waals surface area contributed by atoms with E-state index in [0.29, 0.717) is 29.3 Å². The minimum absolute atomic E-state index is 0.0244. The van der Waals surface area contributed by atoms with Crippen LogP contribution >= 0.6 is 12.2 Å². The Morgan fingerprint density at radius 1 is 1.41 bits per heavy atom. The number of nitrogens with two attached hydrogens (primary N) is 1. The van der Waals surface area contributed by atoms with Crippen LogP contribution in [0.2, 0.25) is 0 Å². The molecule has 1 unspecified atom stereocenters. The molecule has 0 aliphatic heterocycles. The van der Waals surface area contributed by atoms with Crippen molar-refractivity contribution in [2.45, 2.75) is 52.0 Å². The number of nitrogens with one attached hydrogen (secondary N) is 1. The van der Waals surface area contributed by atoms with Gasteiger partial charge in [0.2, 0.25) is 5.91 Å². The highest BCUT2D eigenvalue weighted by atomic mass is 32.1. The number of hydrogen-bond donors (Lipinski definition) is 2. The highest BCUT2D eigenvalue weighted by molar-refractivity contribution is 7.80. The molecular formula is C13H22N2OS. The fraction of sp³-hybridized carbons (Fsp3) is 0.846. The first-order valence-electron chi connectivity index (χ1n) is 6.60. The first kappa shape index (κ1) is 12.8. The molecule has 4 heteroatoms. The molecule has 1 atom stereocenters. The molecule has 0 spiro atoms. The van der Waals surface area contributed by atoms with Crippen molar-refractivity contribution >= 4 is 23.1 Å². The van der Waals surface area contributed by atoms with Gasteiger partial charge in [-0.1, -0.05) is 19.1 Å². The van der Waals surface area contributed by atoms with Crippen molar-refractivity contribution in [1.29, 1.82) is 0 Å². The van der Waals surface area contributed by atoms with Gasteiger partial charge in [0.05, 0.1) is 10.4 Å². The molecule has 0 saturated heterocycles. The van der Waals surface area contributed by atoms with Gasteiger partial charge in [0.15, 0.2) is 0 Å². The van der Waals surface area contributed by atoms with Crippen LogP contribution in [0.15, 0.2) is 0 Å². The number of carbonyl (C=O) groups excluding carboxylic acids is 1. The Bertz CT molecular complexity index is 324. The van der Waals surface area contributed by atoms with Gasteiger partial charge in [-0.15, -0.1) is 0 Å². The third-order valence-electron chi connectivity index (χ3n) is 4.31. The Balaban J connectivity index is 2.00. The minimum atomic E-state index is -0.683. The average molecular weight is 254 g/mol. The van der Waals surface area contributed by atoms with Crippen LogP contribution in [-0.4, -0.2) is 16.9 Å². The van der Waals surface area contributed by atoms with E-state index in [0.717, 1.165) is 0 Å². The first-order chi connectivity index (χ1) is 7.99. The van der Waals surface area contributed by atoms with Crippen LogP contribution in [0.4, 0.5) is 0 Å². The van der Waals surface area contributed by atoms with Crippen molar-refractivity contribution in [3.05, 3.63) is 0 Å². The van der Waals surface area contributed by atoms with Gasteiger partial charge in [0, 0.05) is 6.04 Å². The van der Waals surface area contributed by atoms with E-state index < -0.39 is 5.41 Å². The van der Waals surface area contributed by atoms with E-state index in [2.05, 4.69) is 5.32 Å². The maximum atomic E-state index is 12.3. The molecule has 2 saturated carbocycles. The topological polar surface area (TPSA) is 55.1 Å². The highest BCUT2D eigenvalue weighted by Crippen LogP contribution is 2.44. The Labute approximate surface area is 109 Å². The Kier molecular flexibility index (Phi) is 3.43. The van der Waals surface area contributed by atoms with E-state index in [1.807, 2.05) is 13.8 Å². The van der Waals surface area contributed by atoms with Crippen LogP contribution in [0.5, 0.6) is 0 Å². The molecule has 0 aromatic heterocycles. The monoisotopic (exact) mass is 254 g/mol. The number of carbonyl (C=O) groups is 1. The maximum absolute atomic E-state index is 12.3. The molecular weight excluding hydrogens is 232 g/mol. The zero-order chi connectivity index (χ0) is 12.6. The molecule has 2 aliphatic rings. The lowest BCUT2D eigenvalue weighted by Gasteiger charge is -2.29. The third-order valence-corrected chi connectivity index (χ3v) is 4.76. The molecule has 0 radical (unpaired) electrons. The van der Waals surface area contributed by atoms with E-state index in [9.17, 15) is 4.79 Å². The Morgan fingerprint density at radius 2 is 1.88 bits per heavy atom. The molecule has 0 aromatic rings. The highest BCUT2D eigenvalue weighted by Gasteiger charge is 2.45. The summed E-state index contributed by atoms with van der Waals surface area (Å²) in [6.07, 6.45) is 5.71. The standard InChI is InChI=1S/C13H22N2OS/c1-3-13(2,11(14)17)12(16)15-10(8-4-5-8)9-6-7-9/h8-10H,3-7H2,1-2H3,(H2,14,17)(H,15,16). The summed E-state index contributed by atoms with van der Waals surface area (Å²) >= 11 is 5.04. The van der Waals surface area contributed by atoms with Gasteiger partial charge in [0.25, 0.3) is 0 Å². The van der Waals surface area contributed by atoms with Crippen molar-refractivity contribution in [3.63, 3.8) is 0 Å². The third kappa shape index (κ3) is 2.62. The van der Waals surface area contributed by atoms with Crippen molar-refractivity contribution in [2.24, 2.45) is 23.0 Å². The first-order valence-corrected chi connectivity index (χ1v) is 7.00. The van der Waals surface area contributed by atoms with Crippen LogP contribution in [0, 0.1) is 17.3 Å². The molecule has 0 bridgehead atoms. The summed E-state index contributed by atoms with van der Waals surface area (Å²) in [6, 6.07) is 0.378. The largest absolute Gasteiger partial charge is 0.392 e. The predicted molar refractivity (Wildman–Crippen MR) is 72.6 cm³/mol. The molecule has 2 fully saturated rings. The SMILES string of the molecule is CCC(C)(C(=O)NC(C1CC1)C1CC1)C(N)=S. The summed E-state index contributed by atoms with van der Waals surface area (Å²) in [5.74, 6) is 1.44. The summed E-state index contributed by atoms with van der Waals surface area (Å²) < 4.78 is 0. The van der Waals surface area contributed by atoms with Crippen molar-refractivity contribution in [2.75, 3.05) is 0 Å². The zero-order valence-electron chi connectivity index (χ0n) is 10.7. The second-order valence-electron chi connectivity index (χ2n) is 5.72. The summed E-state index contributed by atoms with van der Waals surface area (Å²) in [5, 5.41) is 3.21. The molecule has 17 heavy (non-hydrogen) atoms. The summed E-state index contributed by atoms with van der Waals surface area (Å²) in [6.45, 7) is 3.81. The van der Waals surface area contributed by atoms with Gasteiger partial charge in [0.1, 0.15) is 0 Å². The lowest BCUT2D eigenvalue weighted by Crippen LogP contribution is -2.50. The molecule has 0 aromatic carbocycles. The average Bonchev–Trinajstić information content (AvgIpc) is 3.17. The number of amides is 1. The van der Waals surface area contributed by atoms with E-state index in [-0.39, 0.29) is 5.91 Å². The molecule has 96 valence electrons. The molecule has 2 aliphatic carbocycles. The molecule has 3 N–H and O–H groups in total. The molecule has 0 heterocycles. The van der Waals surface area contributed by atoms with Crippen LogP contribution in [-0.2, 0) is 4.79 Å². The normalized spacial score (nSPS) is 23.2. The van der Waals surface area contributed by atoms with E-state index >= 15 is 0 Å². The maximum Gasteiger partial charge on any atom is 0.232 e. The van der Waals surface area contributed by atoms with E-state index in [1.54, 1.807) is 0 Å². The van der Waals surface area contributed by atoms with Gasteiger partial charge >= 0.3 is 0 Å². The van der Waals surface area contributed by atoms with Gasteiger partial charge in [-0.3, -0.25) is 4.79 Å². The lowest BCUT2D eigenvalue weighted by molar-refractivity contribution is -0.128. The van der Waals surface area contributed by atoms with Crippen molar-refractivity contribution in [1.82, 2.24) is 5.32 Å². The number of hydrogen-bond acceptors (Lipinski definition) is 2. The smallest absolute Gasteiger partial charge is 0.232 e. The quantitative estimate of drug-likeness (QED) is 0.713. The second-order valence-corrected chi connectivity index (χ2v) is 6.16. The van der Waals surface area contributed by atoms with Crippen LogP contribution < -0.4 is 11.1 Å². The Hall–Kier alpha value is -0.640. The van der Waals surface area contributed by atoms with Gasteiger partial charge < -0.3 is 11.1 Å². The fourth-order valence-electron chi connectivity index (χ4n) is 2.29. The fourth-order valence-corrected chi connectivity index (χ4v) is 2.53. The van der Waals surface area contributed by atoms with Gasteiger partial charge in [-0.2, -0.15) is 0 Å². The van der Waals surface area contributed by atoms with Crippen LogP contribution in [0.1, 0.15) is 46.0 Å². The number of rotatable bonds is 6. The second kappa shape index (κ2) is 4.56. The van der Waals surface area contributed by atoms with Gasteiger partial charge in [-0.05, 0) is 50.9 Å². The number of thiocarbonyl (C=S) groups is 1. The lowest BCUT2D eigenvalue weighted by atomic mass is 9.86. The summed E-state index contributed by atoms with van der Waals surface area (Å²) in [5.41, 5.74) is 5.03. The van der Waals surface area contributed by atoms with E-state index in [1.165, 1.54) is 25.7 Å². The van der Waals surface area contributed by atoms with Crippen LogP contribution in [0.3, 0.4) is 0 Å². The van der Waals surface area contributed by atoms with E-state index in [4.69, 9.17) is 18.0 Å². The summed E-state index contributed by atoms with van der Waals surface area (Å²) in [4.78, 5) is 12.6. The van der Waals surface area contributed by atoms with Crippen molar-refractivity contribution < 1.29 is 4.79 Å². The van der Waals surface area contributed by atoms with Crippen molar-refractivity contribution in [3.8, 4) is 0 Å². The molecule has 1 amide bonds. The summed E-state index contributed by atoms with van der Waals surface area (Å²) in [7, 11) is 0. The minimum Gasteiger partial charge on any atom is -0.392 e. The molecule has 2 rings (SSSR count). The zero-order valence-corrected chi connectivity index (χ0v) is 11.5. The Morgan fingerprint density at radius 3 is 2.18 bits per heavy atom. The molecule has 3 nitrogen and oxygen atoms in total. The van der Waals surface area contributed by atoms with Crippen LogP contribution in [0.25, 0.3) is 0 Å². The predicted octanol–water partition coefficient (Wildman–Crippen LogP) is 1.99. The van der Waals surface area contributed by atoms with Gasteiger partial charge in [-0.25, -0.2) is 0 Å².